The molecule has 4 nitrogen and oxygen atoms in total. The maximum Gasteiger partial charge on any atom is 0.104 e. The van der Waals surface area contributed by atoms with Gasteiger partial charge in [-0.3, -0.25) is 5.41 Å². The van der Waals surface area contributed by atoms with Crippen molar-refractivity contribution in [3.05, 3.63) is 6.58 Å². The van der Waals surface area contributed by atoms with Gasteiger partial charge >= 0.3 is 0 Å². The molecule has 2 unspecified atom stereocenters. The van der Waals surface area contributed by atoms with Crippen LogP contribution in [0.4, 0.5) is 0 Å². The van der Waals surface area contributed by atoms with Crippen LogP contribution in [-0.2, 0) is 14.2 Å². The van der Waals surface area contributed by atoms with Crippen molar-refractivity contribution in [1.82, 2.24) is 0 Å². The van der Waals surface area contributed by atoms with E-state index < -0.39 is 0 Å². The Balaban J connectivity index is 0.000000282. The molecule has 2 heterocycles. The summed E-state index contributed by atoms with van der Waals surface area (Å²) < 4.78 is 15.1. The predicted molar refractivity (Wildman–Crippen MR) is 73.4 cm³/mol. The second kappa shape index (κ2) is 9.29. The quantitative estimate of drug-likeness (QED) is 0.622. The number of ether oxygens (including phenoxy) is 3. The van der Waals surface area contributed by atoms with Crippen LogP contribution in [0.1, 0.15) is 34.1 Å². The molecule has 2 saturated heterocycles. The molecule has 0 aromatic heterocycles. The van der Waals surface area contributed by atoms with Crippen LogP contribution in [0.5, 0.6) is 0 Å². The number of hydrogen-bond donors (Lipinski definition) is 1. The van der Waals surface area contributed by atoms with Crippen LogP contribution in [0, 0.1) is 10.8 Å². The molecule has 0 saturated carbocycles. The number of nitrogens with one attached hydrogen (secondary N) is 1. The van der Waals surface area contributed by atoms with Crippen molar-refractivity contribution < 1.29 is 14.2 Å². The van der Waals surface area contributed by atoms with Gasteiger partial charge in [-0.25, -0.2) is 0 Å². The molecule has 2 rings (SSSR count). The molecule has 0 aromatic carbocycles. The number of rotatable bonds is 4. The molecule has 0 aromatic rings. The molecule has 106 valence electrons. The summed E-state index contributed by atoms with van der Waals surface area (Å²) in [6, 6.07) is 0. The van der Waals surface area contributed by atoms with E-state index in [2.05, 4.69) is 34.3 Å². The summed E-state index contributed by atoms with van der Waals surface area (Å²) in [4.78, 5) is 0. The molecule has 2 aliphatic rings. The molecule has 0 aliphatic carbocycles. The summed E-state index contributed by atoms with van der Waals surface area (Å²) in [5.41, 5.74) is 0.542. The van der Waals surface area contributed by atoms with Crippen molar-refractivity contribution in [2.75, 3.05) is 26.4 Å². The first-order valence-electron chi connectivity index (χ1n) is 6.42. The highest BCUT2D eigenvalue weighted by Gasteiger charge is 2.26. The van der Waals surface area contributed by atoms with Gasteiger partial charge in [0.05, 0.1) is 26.4 Å². The Kier molecular flexibility index (Phi) is 8.94. The Hall–Kier alpha value is -0.670. The summed E-state index contributed by atoms with van der Waals surface area (Å²) in [5.74, 6) is 1.75. The van der Waals surface area contributed by atoms with Gasteiger partial charge in [0.15, 0.2) is 0 Å². The minimum Gasteiger partial charge on any atom is -0.376 e. The van der Waals surface area contributed by atoms with Crippen LogP contribution < -0.4 is 0 Å². The zero-order valence-corrected chi connectivity index (χ0v) is 12.1. The van der Waals surface area contributed by atoms with E-state index in [1.807, 2.05) is 0 Å². The molecular formula is C14H27NO3. The first kappa shape index (κ1) is 17.3. The Morgan fingerprint density at radius 1 is 1.22 bits per heavy atom. The lowest BCUT2D eigenvalue weighted by atomic mass is 9.94. The highest BCUT2D eigenvalue weighted by molar-refractivity contribution is 5.41. The van der Waals surface area contributed by atoms with Crippen molar-refractivity contribution in [1.29, 1.82) is 5.41 Å². The normalized spacial score (nSPS) is 23.8. The summed E-state index contributed by atoms with van der Waals surface area (Å²) >= 11 is 0. The maximum absolute atomic E-state index is 5.85. The zero-order valence-electron chi connectivity index (χ0n) is 12.1. The van der Waals surface area contributed by atoms with Crippen LogP contribution in [0.2, 0.25) is 0 Å². The molecule has 0 bridgehead atoms. The minimum absolute atomic E-state index is 0.392. The molecule has 2 atom stereocenters. The third kappa shape index (κ3) is 15.3. The summed E-state index contributed by atoms with van der Waals surface area (Å²) in [7, 11) is 0. The highest BCUT2D eigenvalue weighted by Crippen LogP contribution is 2.16. The van der Waals surface area contributed by atoms with Gasteiger partial charge in [0.25, 0.3) is 0 Å². The van der Waals surface area contributed by atoms with Crippen LogP contribution in [-0.4, -0.2) is 44.5 Å². The van der Waals surface area contributed by atoms with Crippen molar-refractivity contribution in [2.45, 2.75) is 46.3 Å². The molecule has 0 spiro atoms. The first-order chi connectivity index (χ1) is 8.42. The van der Waals surface area contributed by atoms with Crippen LogP contribution in [0.3, 0.4) is 0 Å². The van der Waals surface area contributed by atoms with E-state index in [0.29, 0.717) is 17.6 Å². The van der Waals surface area contributed by atoms with Gasteiger partial charge in [-0.1, -0.05) is 34.1 Å². The van der Waals surface area contributed by atoms with Crippen molar-refractivity contribution >= 4 is 5.87 Å². The minimum atomic E-state index is 0.392. The molecule has 2 fully saturated rings. The van der Waals surface area contributed by atoms with Crippen molar-refractivity contribution in [2.24, 2.45) is 5.41 Å². The van der Waals surface area contributed by atoms with Gasteiger partial charge in [-0.2, -0.15) is 0 Å². The van der Waals surface area contributed by atoms with Gasteiger partial charge in [-0.05, 0) is 17.9 Å². The zero-order chi connectivity index (χ0) is 14.0. The molecule has 4 heteroatoms. The average molecular weight is 257 g/mol. The van der Waals surface area contributed by atoms with Gasteiger partial charge in [-0.15, -0.1) is 0 Å². The molecule has 18 heavy (non-hydrogen) atoms. The van der Waals surface area contributed by atoms with E-state index in [4.69, 9.17) is 19.6 Å². The Bertz CT molecular complexity index is 222. The summed E-state index contributed by atoms with van der Waals surface area (Å²) in [6.07, 6.45) is 2.06. The lowest BCUT2D eigenvalue weighted by Crippen LogP contribution is -2.06. The van der Waals surface area contributed by atoms with Gasteiger partial charge in [0, 0.05) is 0 Å². The summed E-state index contributed by atoms with van der Waals surface area (Å²) in [6.45, 7) is 15.1. The number of epoxide rings is 2. The molecule has 1 N–H and O–H groups in total. The first-order valence-corrected chi connectivity index (χ1v) is 6.42. The standard InChI is InChI=1S/C6H10O3.C6H14.C2H3N/c1(5-3-8-5)7-2-6-4-9-6;1-5-6(2,3)4;1-2-3/h5-6H,1-4H2;5H2,1-4H3;3H,1H2. The van der Waals surface area contributed by atoms with Crippen molar-refractivity contribution in [3.63, 3.8) is 0 Å². The van der Waals surface area contributed by atoms with E-state index in [1.165, 1.54) is 6.42 Å². The Morgan fingerprint density at radius 2 is 1.50 bits per heavy atom. The molecule has 0 amide bonds. The van der Waals surface area contributed by atoms with Gasteiger partial charge in [0.2, 0.25) is 0 Å². The van der Waals surface area contributed by atoms with E-state index in [0.717, 1.165) is 26.4 Å². The lowest BCUT2D eigenvalue weighted by molar-refractivity contribution is 0.102. The van der Waals surface area contributed by atoms with E-state index >= 15 is 0 Å². The largest absolute Gasteiger partial charge is 0.376 e. The molecule has 2 aliphatic heterocycles. The SMILES string of the molecule is C(OCC1CO1)C1CO1.C=C=N.CCC(C)(C)C. The molecular weight excluding hydrogens is 230 g/mol. The topological polar surface area (TPSA) is 58.1 Å². The fourth-order valence-electron chi connectivity index (χ4n) is 0.659. The van der Waals surface area contributed by atoms with Crippen molar-refractivity contribution in [3.8, 4) is 0 Å². The van der Waals surface area contributed by atoms with E-state index in [-0.39, 0.29) is 0 Å². The van der Waals surface area contributed by atoms with E-state index in [1.54, 1.807) is 5.87 Å². The third-order valence-corrected chi connectivity index (χ3v) is 2.47. The van der Waals surface area contributed by atoms with Gasteiger partial charge in [0.1, 0.15) is 12.2 Å². The average Bonchev–Trinajstić information content (AvgIpc) is 3.13. The van der Waals surface area contributed by atoms with Gasteiger partial charge < -0.3 is 14.2 Å². The highest BCUT2D eigenvalue weighted by atomic mass is 16.6. The second-order valence-corrected chi connectivity index (χ2v) is 5.54. The predicted octanol–water partition coefficient (Wildman–Crippen LogP) is 2.66. The molecule has 0 radical (unpaired) electrons. The fourth-order valence-corrected chi connectivity index (χ4v) is 0.659. The maximum atomic E-state index is 5.85. The summed E-state index contributed by atoms with van der Waals surface area (Å²) in [5, 5.41) is 5.85. The Morgan fingerprint density at radius 3 is 1.67 bits per heavy atom. The van der Waals surface area contributed by atoms with Crippen LogP contribution >= 0.6 is 0 Å². The number of hydrogen-bond acceptors (Lipinski definition) is 4. The Labute approximate surface area is 111 Å². The lowest BCUT2D eigenvalue weighted by Gasteiger charge is -2.12. The smallest absolute Gasteiger partial charge is 0.104 e. The van der Waals surface area contributed by atoms with Crippen LogP contribution in [0.15, 0.2) is 6.58 Å². The van der Waals surface area contributed by atoms with E-state index in [9.17, 15) is 0 Å². The third-order valence-electron chi connectivity index (χ3n) is 2.47. The fraction of sp³-hybridized carbons (Fsp3) is 0.857. The second-order valence-electron chi connectivity index (χ2n) is 5.54. The monoisotopic (exact) mass is 257 g/mol. The van der Waals surface area contributed by atoms with Crippen LogP contribution in [0.25, 0.3) is 0 Å².